The van der Waals surface area contributed by atoms with E-state index < -0.39 is 73.6 Å². The molecule has 0 amide bonds. The van der Waals surface area contributed by atoms with Crippen LogP contribution in [-0.2, 0) is 92.8 Å². The molecule has 0 aromatic rings. The van der Waals surface area contributed by atoms with Crippen molar-refractivity contribution in [1.29, 1.82) is 0 Å². The molecule has 0 aromatic heterocycles. The third kappa shape index (κ3) is 58.9. The van der Waals surface area contributed by atoms with Gasteiger partial charge in [-0.1, -0.05) is 135 Å². The molecule has 4 rings (SSSR count). The first-order valence-corrected chi connectivity index (χ1v) is 50.5. The maximum atomic E-state index is 11.5. The summed E-state index contributed by atoms with van der Waals surface area (Å²) in [5.74, 6) is 4.59. The van der Waals surface area contributed by atoms with Crippen LogP contribution in [0.25, 0.3) is 0 Å². The molecular weight excluding hydrogens is 1470 g/mol. The van der Waals surface area contributed by atoms with Crippen molar-refractivity contribution in [2.75, 3.05) is 17.8 Å². The van der Waals surface area contributed by atoms with Crippen molar-refractivity contribution >= 4 is 97.8 Å². The third-order valence-electron chi connectivity index (χ3n) is 17.4. The largest absolute Gasteiger partial charge is 0.300 e. The smallest absolute Gasteiger partial charge is 0.157 e. The summed E-state index contributed by atoms with van der Waals surface area (Å²) in [6.45, 7) is 61.3. The molecule has 0 atom stereocenters. The molecule has 0 bridgehead atoms. The van der Waals surface area contributed by atoms with Gasteiger partial charge in [-0.05, 0) is 203 Å². The van der Waals surface area contributed by atoms with Crippen molar-refractivity contribution in [3.8, 4) is 0 Å². The lowest BCUT2D eigenvalue weighted by molar-refractivity contribution is -0.127. The van der Waals surface area contributed by atoms with Crippen LogP contribution < -0.4 is 0 Å². The number of sulfone groups is 7. The van der Waals surface area contributed by atoms with E-state index in [4.69, 9.17) is 0 Å². The zero-order valence-electron chi connectivity index (χ0n) is 72.6. The standard InChI is InChI=1S/C10H18O.C8H16O2S.2C7H16O2S.C7H12O.C7H14O.C6H12O2S.C6H14O2S.C6H12O.C5H12O2S.C5H10O.C4H10O2S/c1-8(2)10(11)9-6-4-3-5-7-9;1-7(2)11(9,10)8-5-3-4-6-8;1-6(2)10(8,9)7(3,4)5;1-4-5-6-10(8,9)7(2)3;1-5(2)7(8)6-3-4-6;1-4-5-7(8)6(2)3;1-5(2)9(7,8)6-3-4-6;1-5(2)9(7,8)6(3)4;1-4-6(7)5(2)3;1-4-8(6,7)5(2)3;1-4(2)5(3)6;1-4(2)7(3,5)6/h8-9H,3-7H2,1-2H3;7-8H,3-6H2,1-2H3;6H,1-5H3;7H,4-6H2,1-3H3;5-6H,3-4H2,1-2H3;6H,4-5H2,1-3H3;5-6H,3-4H2,1-2H3;5-6H,1-4H3;5H,4H2,1-3H3;5H,4H2,1-3H3;4H,1-3H3;4H,1-3H3. The summed E-state index contributed by atoms with van der Waals surface area (Å²) in [4.78, 5) is 53.8. The maximum absolute atomic E-state index is 11.5. The number of hydrogen-bond donors (Lipinski definition) is 0. The van der Waals surface area contributed by atoms with Crippen LogP contribution in [0.5, 0.6) is 0 Å². The Morgan fingerprint density at radius 3 is 0.808 bits per heavy atom. The number of carbonyl (C=O) groups excluding carboxylic acids is 5. The summed E-state index contributed by atoms with van der Waals surface area (Å²) in [6.07, 6.45) is 19.6. The summed E-state index contributed by atoms with van der Waals surface area (Å²) >= 11 is 0. The Morgan fingerprint density at radius 1 is 0.356 bits per heavy atom. The van der Waals surface area contributed by atoms with Gasteiger partial charge in [-0.2, -0.15) is 0 Å². The molecule has 4 aliphatic rings. The highest BCUT2D eigenvalue weighted by atomic mass is 32.2. The normalized spacial score (nSPS) is 15.2. The van der Waals surface area contributed by atoms with Crippen molar-refractivity contribution in [1.82, 2.24) is 0 Å². The summed E-state index contributed by atoms with van der Waals surface area (Å²) in [6, 6.07) is 0. The van der Waals surface area contributed by atoms with Crippen LogP contribution in [0.2, 0.25) is 0 Å². The fraction of sp³-hybridized carbons (Fsp3) is 0.936. The van der Waals surface area contributed by atoms with Crippen LogP contribution in [0.15, 0.2) is 0 Å². The molecule has 0 N–H and O–H groups in total. The van der Waals surface area contributed by atoms with E-state index in [1.807, 2.05) is 90.0 Å². The number of unbranched alkanes of at least 4 members (excludes halogenated alkanes) is 1. The second-order valence-corrected chi connectivity index (χ2v) is 52.3. The minimum Gasteiger partial charge on any atom is -0.300 e. The van der Waals surface area contributed by atoms with Gasteiger partial charge in [0, 0.05) is 66.3 Å². The first-order valence-electron chi connectivity index (χ1n) is 38.7. The molecule has 630 valence electrons. The van der Waals surface area contributed by atoms with Crippen LogP contribution in [0, 0.1) is 41.4 Å². The summed E-state index contributed by atoms with van der Waals surface area (Å²) in [5.41, 5.74) is 0. The third-order valence-corrected chi connectivity index (χ3v) is 34.7. The number of rotatable bonds is 24. The SMILES string of the molecule is CC(=O)C(C)C.CC(C)C(=O)C1CC1.CC(C)C(=O)C1CCCCC1.CC(C)S(=O)(=O)C(C)(C)C.CC(C)S(=O)(=O)C(C)C.CC(C)S(=O)(=O)C1CC1.CC(C)S(=O)(=O)C1CCCC1.CC(C)S(C)(=O)=O.CCC(=O)C(C)C.CCCC(=O)C(C)C.CCCCS(=O)(=O)C(C)C.CCS(=O)(=O)C(C)C. The quantitative estimate of drug-likeness (QED) is 0.0866. The van der Waals surface area contributed by atoms with Crippen molar-refractivity contribution in [3.63, 3.8) is 0 Å². The van der Waals surface area contributed by atoms with E-state index in [9.17, 15) is 82.9 Å². The monoisotopic (exact) mass is 1630 g/mol. The maximum Gasteiger partial charge on any atom is 0.157 e. The summed E-state index contributed by atoms with van der Waals surface area (Å²) < 4.78 is 154. The van der Waals surface area contributed by atoms with Crippen LogP contribution in [-0.4, -0.2) is 163 Å². The van der Waals surface area contributed by atoms with Gasteiger partial charge in [0.25, 0.3) is 0 Å². The van der Waals surface area contributed by atoms with Crippen molar-refractivity contribution < 1.29 is 82.9 Å². The van der Waals surface area contributed by atoms with Gasteiger partial charge in [0.05, 0.1) is 63.0 Å². The molecule has 0 unspecified atom stereocenters. The molecule has 0 aliphatic heterocycles. The minimum absolute atomic E-state index is 0.0116. The Kier molecular flexibility index (Phi) is 65.6. The van der Waals surface area contributed by atoms with Gasteiger partial charge in [-0.15, -0.1) is 0 Å². The molecule has 4 aliphatic carbocycles. The van der Waals surface area contributed by atoms with E-state index in [1.54, 1.807) is 145 Å². The highest BCUT2D eigenvalue weighted by Gasteiger charge is 2.37. The van der Waals surface area contributed by atoms with E-state index in [0.29, 0.717) is 47.1 Å². The first-order chi connectivity index (χ1) is 46.6. The van der Waals surface area contributed by atoms with Gasteiger partial charge >= 0.3 is 0 Å². The molecule has 0 radical (unpaired) electrons. The Hall–Kier alpha value is -2.00. The predicted octanol–water partition coefficient (Wildman–Crippen LogP) is 17.7. The van der Waals surface area contributed by atoms with Gasteiger partial charge in [-0.3, -0.25) is 24.0 Å². The lowest BCUT2D eigenvalue weighted by atomic mass is 9.83. The van der Waals surface area contributed by atoms with Crippen molar-refractivity contribution in [2.24, 2.45) is 41.4 Å². The van der Waals surface area contributed by atoms with Crippen LogP contribution in [0.1, 0.15) is 351 Å². The van der Waals surface area contributed by atoms with E-state index in [-0.39, 0.29) is 93.6 Å². The molecule has 26 heteroatoms. The fourth-order valence-electron chi connectivity index (χ4n) is 8.19. The van der Waals surface area contributed by atoms with E-state index in [0.717, 1.165) is 89.9 Å². The topological polar surface area (TPSA) is 324 Å². The lowest BCUT2D eigenvalue weighted by Crippen LogP contribution is -2.34. The Balaban J connectivity index is -0.000000162. The van der Waals surface area contributed by atoms with Crippen LogP contribution in [0.4, 0.5) is 0 Å². The zero-order chi connectivity index (χ0) is 84.8. The van der Waals surface area contributed by atoms with Gasteiger partial charge in [-0.25, -0.2) is 58.9 Å². The second-order valence-electron chi connectivity index (χ2n) is 32.3. The van der Waals surface area contributed by atoms with Gasteiger partial charge in [0.15, 0.2) is 59.0 Å². The van der Waals surface area contributed by atoms with Crippen molar-refractivity contribution in [2.45, 2.75) is 408 Å². The molecule has 0 aromatic carbocycles. The molecule has 4 fully saturated rings. The van der Waals surface area contributed by atoms with E-state index >= 15 is 0 Å². The van der Waals surface area contributed by atoms with Crippen LogP contribution >= 0.6 is 0 Å². The highest BCUT2D eigenvalue weighted by Crippen LogP contribution is 2.33. The van der Waals surface area contributed by atoms with Gasteiger partial charge < -0.3 is 0 Å². The number of hydrogen-bond acceptors (Lipinski definition) is 19. The Morgan fingerprint density at radius 2 is 0.663 bits per heavy atom. The molecule has 4 saturated carbocycles. The lowest BCUT2D eigenvalue weighted by Gasteiger charge is -2.21. The van der Waals surface area contributed by atoms with Gasteiger partial charge in [0.1, 0.15) is 38.8 Å². The number of carbonyl (C=O) groups is 5. The Labute approximate surface area is 643 Å². The number of Topliss-reactive ketones (excluding diaryl/α,β-unsaturated/α-hetero) is 5. The average Bonchev–Trinajstić information content (AvgIpc) is 1.45. The highest BCUT2D eigenvalue weighted by molar-refractivity contribution is 7.94. The molecule has 0 saturated heterocycles. The van der Waals surface area contributed by atoms with Crippen LogP contribution in [0.3, 0.4) is 0 Å². The average molecular weight is 1630 g/mol. The molecule has 19 nitrogen and oxygen atoms in total. The van der Waals surface area contributed by atoms with Crippen molar-refractivity contribution in [3.05, 3.63) is 0 Å². The van der Waals surface area contributed by atoms with Gasteiger partial charge in [0.2, 0.25) is 0 Å². The number of ketones is 5. The minimum atomic E-state index is -2.91. The first kappa shape index (κ1) is 118. The summed E-state index contributed by atoms with van der Waals surface area (Å²) in [7, 11) is -19.4. The fourth-order valence-corrected chi connectivity index (χ4v) is 15.8. The van der Waals surface area contributed by atoms with E-state index in [1.165, 1.54) is 25.5 Å². The zero-order valence-corrected chi connectivity index (χ0v) is 78.3. The molecule has 0 heterocycles. The summed E-state index contributed by atoms with van der Waals surface area (Å²) in [5, 5.41) is -1.78. The molecule has 104 heavy (non-hydrogen) atoms. The van der Waals surface area contributed by atoms with E-state index in [2.05, 4.69) is 0 Å². The Bertz CT molecular complexity index is 3060. The molecular formula is C78H162O19S7. The molecule has 0 spiro atoms. The predicted molar refractivity (Wildman–Crippen MR) is 444 cm³/mol. The second kappa shape index (κ2) is 58.0.